The molecule has 0 aliphatic heterocycles. The van der Waals surface area contributed by atoms with Crippen LogP contribution in [0.3, 0.4) is 0 Å². The van der Waals surface area contributed by atoms with Gasteiger partial charge in [0.25, 0.3) is 0 Å². The molecule has 0 radical (unpaired) electrons. The molecule has 1 N–H and O–H groups in total. The lowest BCUT2D eigenvalue weighted by atomic mass is 10.0. The summed E-state index contributed by atoms with van der Waals surface area (Å²) < 4.78 is 7.14. The van der Waals surface area contributed by atoms with E-state index in [0.717, 1.165) is 23.4 Å². The Morgan fingerprint density at radius 2 is 1.89 bits per heavy atom. The van der Waals surface area contributed by atoms with Crippen LogP contribution in [-0.4, -0.2) is 13.2 Å². The third kappa shape index (κ3) is 5.15. The van der Waals surface area contributed by atoms with Crippen LogP contribution >= 0.6 is 15.9 Å². The molecule has 1 aromatic rings. The maximum absolute atomic E-state index is 6.04. The van der Waals surface area contributed by atoms with E-state index in [2.05, 4.69) is 61.1 Å². The molecule has 0 aromatic heterocycles. The van der Waals surface area contributed by atoms with Crippen LogP contribution in [0.4, 0.5) is 0 Å². The Labute approximate surface area is 126 Å². The summed E-state index contributed by atoms with van der Waals surface area (Å²) >= 11 is 3.54. The predicted octanol–water partition coefficient (Wildman–Crippen LogP) is 4.93. The fourth-order valence-electron chi connectivity index (χ4n) is 2.14. The second-order valence-electron chi connectivity index (χ2n) is 4.96. The zero-order valence-corrected chi connectivity index (χ0v) is 14.1. The first-order valence-corrected chi connectivity index (χ1v) is 8.07. The Kier molecular flexibility index (Phi) is 7.47. The third-order valence-corrected chi connectivity index (χ3v) is 4.07. The summed E-state index contributed by atoms with van der Waals surface area (Å²) in [4.78, 5) is 0. The largest absolute Gasteiger partial charge is 0.493 e. The zero-order valence-electron chi connectivity index (χ0n) is 12.5. The van der Waals surface area contributed by atoms with Crippen LogP contribution in [-0.2, 0) is 0 Å². The molecule has 2 nitrogen and oxygen atoms in total. The van der Waals surface area contributed by atoms with Gasteiger partial charge in [-0.1, -0.05) is 49.5 Å². The van der Waals surface area contributed by atoms with E-state index in [1.807, 2.05) is 6.07 Å². The van der Waals surface area contributed by atoms with Gasteiger partial charge in [0.15, 0.2) is 0 Å². The number of hydrogen-bond donors (Lipinski definition) is 1. The molecule has 3 heteroatoms. The highest BCUT2D eigenvalue weighted by atomic mass is 79.9. The third-order valence-electron chi connectivity index (χ3n) is 3.58. The van der Waals surface area contributed by atoms with E-state index < -0.39 is 0 Å². The number of rotatable bonds is 8. The average molecular weight is 328 g/mol. The molecule has 1 rings (SSSR count). The molecule has 0 aliphatic carbocycles. The summed E-state index contributed by atoms with van der Waals surface area (Å²) in [7, 11) is 0. The summed E-state index contributed by atoms with van der Waals surface area (Å²) in [5.74, 6) is 1.65. The van der Waals surface area contributed by atoms with E-state index in [1.54, 1.807) is 0 Å². The first-order chi connectivity index (χ1) is 9.12. The van der Waals surface area contributed by atoms with Gasteiger partial charge in [-0.05, 0) is 37.6 Å². The topological polar surface area (TPSA) is 21.3 Å². The van der Waals surface area contributed by atoms with Gasteiger partial charge in [0.2, 0.25) is 0 Å². The summed E-state index contributed by atoms with van der Waals surface area (Å²) in [6, 6.07) is 6.56. The van der Waals surface area contributed by atoms with Crippen LogP contribution in [0.2, 0.25) is 0 Å². The van der Waals surface area contributed by atoms with Crippen LogP contribution in [0.25, 0.3) is 0 Å². The van der Waals surface area contributed by atoms with E-state index in [-0.39, 0.29) is 0 Å². The summed E-state index contributed by atoms with van der Waals surface area (Å²) in [5, 5.41) is 3.44. The molecule has 108 valence electrons. The standard InChI is InChI=1S/C16H26BrNO/c1-5-13(6-2)11-19-16-9-8-14(17)10-15(16)12(4)18-7-3/h8-10,12-13,18H,5-7,11H2,1-4H3. The van der Waals surface area contributed by atoms with E-state index in [4.69, 9.17) is 4.74 Å². The minimum absolute atomic E-state index is 0.305. The van der Waals surface area contributed by atoms with Crippen molar-refractivity contribution in [2.75, 3.05) is 13.2 Å². The fraction of sp³-hybridized carbons (Fsp3) is 0.625. The van der Waals surface area contributed by atoms with Crippen LogP contribution in [0.1, 0.15) is 52.1 Å². The number of benzene rings is 1. The van der Waals surface area contributed by atoms with Crippen LogP contribution in [0, 0.1) is 5.92 Å². The second kappa shape index (κ2) is 8.60. The highest BCUT2D eigenvalue weighted by molar-refractivity contribution is 9.10. The van der Waals surface area contributed by atoms with Crippen molar-refractivity contribution in [2.45, 2.75) is 46.6 Å². The van der Waals surface area contributed by atoms with Gasteiger partial charge in [0, 0.05) is 16.1 Å². The van der Waals surface area contributed by atoms with E-state index in [0.29, 0.717) is 12.0 Å². The number of ether oxygens (including phenoxy) is 1. The van der Waals surface area contributed by atoms with Crippen molar-refractivity contribution in [1.82, 2.24) is 5.32 Å². The second-order valence-corrected chi connectivity index (χ2v) is 5.87. The summed E-state index contributed by atoms with van der Waals surface area (Å²) in [6.07, 6.45) is 2.34. The minimum atomic E-state index is 0.305. The molecule has 1 unspecified atom stereocenters. The fourth-order valence-corrected chi connectivity index (χ4v) is 2.52. The lowest BCUT2D eigenvalue weighted by molar-refractivity contribution is 0.237. The highest BCUT2D eigenvalue weighted by Gasteiger charge is 2.13. The van der Waals surface area contributed by atoms with Gasteiger partial charge in [-0.2, -0.15) is 0 Å². The molecule has 0 aliphatic rings. The molecular weight excluding hydrogens is 302 g/mol. The van der Waals surface area contributed by atoms with Crippen molar-refractivity contribution in [2.24, 2.45) is 5.92 Å². The lowest BCUT2D eigenvalue weighted by Crippen LogP contribution is -2.19. The highest BCUT2D eigenvalue weighted by Crippen LogP contribution is 2.29. The molecule has 0 saturated carbocycles. The molecule has 0 spiro atoms. The van der Waals surface area contributed by atoms with E-state index in [9.17, 15) is 0 Å². The molecule has 1 atom stereocenters. The molecule has 19 heavy (non-hydrogen) atoms. The first-order valence-electron chi connectivity index (χ1n) is 7.27. The van der Waals surface area contributed by atoms with Crippen molar-refractivity contribution in [1.29, 1.82) is 0 Å². The van der Waals surface area contributed by atoms with Crippen molar-refractivity contribution >= 4 is 15.9 Å². The number of hydrogen-bond acceptors (Lipinski definition) is 2. The van der Waals surface area contributed by atoms with Gasteiger partial charge in [-0.3, -0.25) is 0 Å². The monoisotopic (exact) mass is 327 g/mol. The SMILES string of the molecule is CCNC(C)c1cc(Br)ccc1OCC(CC)CC. The van der Waals surface area contributed by atoms with Crippen molar-refractivity contribution in [3.63, 3.8) is 0 Å². The van der Waals surface area contributed by atoms with E-state index in [1.165, 1.54) is 18.4 Å². The smallest absolute Gasteiger partial charge is 0.124 e. The Balaban J connectivity index is 2.81. The van der Waals surface area contributed by atoms with E-state index >= 15 is 0 Å². The van der Waals surface area contributed by atoms with Crippen molar-refractivity contribution in [3.8, 4) is 5.75 Å². The van der Waals surface area contributed by atoms with Gasteiger partial charge >= 0.3 is 0 Å². The Morgan fingerprint density at radius 3 is 2.47 bits per heavy atom. The molecule has 0 amide bonds. The van der Waals surface area contributed by atoms with Gasteiger partial charge in [0.05, 0.1) is 6.61 Å². The predicted molar refractivity (Wildman–Crippen MR) is 85.8 cm³/mol. The average Bonchev–Trinajstić information content (AvgIpc) is 2.41. The van der Waals surface area contributed by atoms with Crippen molar-refractivity contribution < 1.29 is 4.74 Å². The minimum Gasteiger partial charge on any atom is -0.493 e. The molecule has 0 heterocycles. The number of halogens is 1. The first kappa shape index (κ1) is 16.5. The Morgan fingerprint density at radius 1 is 1.21 bits per heavy atom. The maximum atomic E-state index is 6.04. The molecule has 0 fully saturated rings. The Hall–Kier alpha value is -0.540. The van der Waals surface area contributed by atoms with Gasteiger partial charge in [-0.15, -0.1) is 0 Å². The Bertz CT molecular complexity index is 377. The van der Waals surface area contributed by atoms with Crippen molar-refractivity contribution in [3.05, 3.63) is 28.2 Å². The normalized spacial score (nSPS) is 12.7. The molecule has 0 saturated heterocycles. The molecular formula is C16H26BrNO. The number of nitrogens with one attached hydrogen (secondary N) is 1. The zero-order chi connectivity index (χ0) is 14.3. The molecule has 1 aromatic carbocycles. The van der Waals surface area contributed by atoms with Gasteiger partial charge in [-0.25, -0.2) is 0 Å². The molecule has 0 bridgehead atoms. The van der Waals surface area contributed by atoms with Crippen LogP contribution < -0.4 is 10.1 Å². The van der Waals surface area contributed by atoms with Gasteiger partial charge in [0.1, 0.15) is 5.75 Å². The van der Waals surface area contributed by atoms with Crippen LogP contribution in [0.15, 0.2) is 22.7 Å². The summed E-state index contributed by atoms with van der Waals surface area (Å²) in [6.45, 7) is 10.5. The summed E-state index contributed by atoms with van der Waals surface area (Å²) in [5.41, 5.74) is 1.22. The lowest BCUT2D eigenvalue weighted by Gasteiger charge is -2.20. The quantitative estimate of drug-likeness (QED) is 0.730. The van der Waals surface area contributed by atoms with Gasteiger partial charge < -0.3 is 10.1 Å². The van der Waals surface area contributed by atoms with Crippen LogP contribution in [0.5, 0.6) is 5.75 Å². The maximum Gasteiger partial charge on any atom is 0.124 e.